The van der Waals surface area contributed by atoms with Gasteiger partial charge in [-0.2, -0.15) is 0 Å². The molecule has 0 aliphatic heterocycles. The van der Waals surface area contributed by atoms with E-state index in [0.717, 1.165) is 26.9 Å². The second-order valence-electron chi connectivity index (χ2n) is 4.98. The highest BCUT2D eigenvalue weighted by molar-refractivity contribution is 7.80. The van der Waals surface area contributed by atoms with Crippen LogP contribution in [0.25, 0.3) is 10.8 Å². The van der Waals surface area contributed by atoms with Crippen molar-refractivity contribution in [3.8, 4) is 0 Å². The summed E-state index contributed by atoms with van der Waals surface area (Å²) in [6.07, 6.45) is 0. The molecule has 1 N–H and O–H groups in total. The third-order valence-electron chi connectivity index (χ3n) is 3.50. The molecule has 21 heavy (non-hydrogen) atoms. The molecular weight excluding hydrogens is 278 g/mol. The molecule has 3 heteroatoms. The van der Waals surface area contributed by atoms with E-state index in [9.17, 15) is 4.79 Å². The number of nitrogens with one attached hydrogen (secondary N) is 1. The Labute approximate surface area is 129 Å². The lowest BCUT2D eigenvalue weighted by atomic mass is 10.1. The van der Waals surface area contributed by atoms with Crippen molar-refractivity contribution in [1.29, 1.82) is 0 Å². The molecule has 0 saturated carbocycles. The van der Waals surface area contributed by atoms with Gasteiger partial charge in [0.15, 0.2) is 0 Å². The lowest BCUT2D eigenvalue weighted by Crippen LogP contribution is -2.13. The molecule has 0 bridgehead atoms. The number of amides is 1. The van der Waals surface area contributed by atoms with E-state index in [1.807, 2.05) is 61.5 Å². The lowest BCUT2D eigenvalue weighted by Gasteiger charge is -2.10. The van der Waals surface area contributed by atoms with Gasteiger partial charge in [-0.1, -0.05) is 42.5 Å². The van der Waals surface area contributed by atoms with Crippen LogP contribution in [0, 0.1) is 6.92 Å². The SMILES string of the molecule is Cc1ccc(S)cc1C(=O)Nc1cccc2ccccc12. The van der Waals surface area contributed by atoms with Crippen LogP contribution >= 0.6 is 12.6 Å². The number of benzene rings is 3. The molecule has 3 aromatic carbocycles. The number of hydrogen-bond donors (Lipinski definition) is 2. The largest absolute Gasteiger partial charge is 0.321 e. The summed E-state index contributed by atoms with van der Waals surface area (Å²) in [6.45, 7) is 1.92. The number of carbonyl (C=O) groups is 1. The van der Waals surface area contributed by atoms with Crippen molar-refractivity contribution in [3.05, 3.63) is 71.8 Å². The van der Waals surface area contributed by atoms with E-state index in [0.29, 0.717) is 5.56 Å². The molecule has 0 spiro atoms. The van der Waals surface area contributed by atoms with Crippen LogP contribution in [0.3, 0.4) is 0 Å². The van der Waals surface area contributed by atoms with Gasteiger partial charge in [0.2, 0.25) is 0 Å². The Balaban J connectivity index is 1.99. The molecule has 0 fully saturated rings. The van der Waals surface area contributed by atoms with Crippen molar-refractivity contribution >= 4 is 35.0 Å². The molecule has 3 rings (SSSR count). The Morgan fingerprint density at radius 2 is 1.76 bits per heavy atom. The number of aryl methyl sites for hydroxylation is 1. The first-order valence-corrected chi connectivity index (χ1v) is 7.18. The van der Waals surface area contributed by atoms with E-state index in [4.69, 9.17) is 0 Å². The molecule has 0 saturated heterocycles. The summed E-state index contributed by atoms with van der Waals surface area (Å²) in [7, 11) is 0. The number of thiol groups is 1. The maximum Gasteiger partial charge on any atom is 0.255 e. The Kier molecular flexibility index (Phi) is 3.67. The van der Waals surface area contributed by atoms with Gasteiger partial charge in [-0.05, 0) is 36.1 Å². The maximum absolute atomic E-state index is 12.5. The molecule has 0 radical (unpaired) electrons. The molecule has 3 aromatic rings. The van der Waals surface area contributed by atoms with Crippen LogP contribution in [0.5, 0.6) is 0 Å². The van der Waals surface area contributed by atoms with Crippen molar-refractivity contribution in [2.24, 2.45) is 0 Å². The van der Waals surface area contributed by atoms with Gasteiger partial charge in [-0.15, -0.1) is 12.6 Å². The highest BCUT2D eigenvalue weighted by Crippen LogP contribution is 2.24. The van der Waals surface area contributed by atoms with Gasteiger partial charge in [0.05, 0.1) is 0 Å². The minimum absolute atomic E-state index is 0.111. The van der Waals surface area contributed by atoms with Crippen LogP contribution in [0.1, 0.15) is 15.9 Å². The number of hydrogen-bond acceptors (Lipinski definition) is 2. The fourth-order valence-corrected chi connectivity index (χ4v) is 2.58. The molecule has 104 valence electrons. The second-order valence-corrected chi connectivity index (χ2v) is 5.50. The van der Waals surface area contributed by atoms with Crippen LogP contribution in [0.15, 0.2) is 65.6 Å². The first kappa shape index (κ1) is 13.7. The average Bonchev–Trinajstić information content (AvgIpc) is 2.50. The Morgan fingerprint density at radius 3 is 2.62 bits per heavy atom. The summed E-state index contributed by atoms with van der Waals surface area (Å²) in [6, 6.07) is 19.5. The van der Waals surface area contributed by atoms with Crippen LogP contribution in [-0.4, -0.2) is 5.91 Å². The fourth-order valence-electron chi connectivity index (χ4n) is 2.38. The zero-order valence-electron chi connectivity index (χ0n) is 11.6. The summed E-state index contributed by atoms with van der Waals surface area (Å²) in [5.74, 6) is -0.111. The van der Waals surface area contributed by atoms with Gasteiger partial charge in [0.1, 0.15) is 0 Å². The number of rotatable bonds is 2. The van der Waals surface area contributed by atoms with Crippen LogP contribution in [-0.2, 0) is 0 Å². The normalized spacial score (nSPS) is 10.6. The predicted molar refractivity (Wildman–Crippen MR) is 90.3 cm³/mol. The summed E-state index contributed by atoms with van der Waals surface area (Å²) in [4.78, 5) is 13.3. The molecule has 1 amide bonds. The van der Waals surface area contributed by atoms with Crippen LogP contribution < -0.4 is 5.32 Å². The average molecular weight is 293 g/mol. The Hall–Kier alpha value is -2.26. The van der Waals surface area contributed by atoms with Gasteiger partial charge in [0.25, 0.3) is 5.91 Å². The molecular formula is C18H15NOS. The van der Waals surface area contributed by atoms with Gasteiger partial charge in [-0.3, -0.25) is 4.79 Å². The van der Waals surface area contributed by atoms with Crippen molar-refractivity contribution < 1.29 is 4.79 Å². The van der Waals surface area contributed by atoms with Crippen LogP contribution in [0.2, 0.25) is 0 Å². The monoisotopic (exact) mass is 293 g/mol. The number of anilines is 1. The van der Waals surface area contributed by atoms with Crippen molar-refractivity contribution in [1.82, 2.24) is 0 Å². The zero-order chi connectivity index (χ0) is 14.8. The first-order valence-electron chi connectivity index (χ1n) is 6.74. The van der Waals surface area contributed by atoms with Crippen molar-refractivity contribution in [2.45, 2.75) is 11.8 Å². The highest BCUT2D eigenvalue weighted by Gasteiger charge is 2.11. The molecule has 0 unspecified atom stereocenters. The zero-order valence-corrected chi connectivity index (χ0v) is 12.5. The van der Waals surface area contributed by atoms with Gasteiger partial charge < -0.3 is 5.32 Å². The van der Waals surface area contributed by atoms with E-state index in [2.05, 4.69) is 17.9 Å². The third-order valence-corrected chi connectivity index (χ3v) is 3.78. The van der Waals surface area contributed by atoms with Gasteiger partial charge in [-0.25, -0.2) is 0 Å². The standard InChI is InChI=1S/C18H15NOS/c1-12-9-10-14(21)11-16(12)18(20)19-17-8-4-6-13-5-2-3-7-15(13)17/h2-11,21H,1H3,(H,19,20). The van der Waals surface area contributed by atoms with E-state index >= 15 is 0 Å². The molecule has 0 aliphatic rings. The van der Waals surface area contributed by atoms with Crippen molar-refractivity contribution in [2.75, 3.05) is 5.32 Å². The first-order chi connectivity index (χ1) is 10.1. The van der Waals surface area contributed by atoms with Crippen LogP contribution in [0.4, 0.5) is 5.69 Å². The molecule has 0 heterocycles. The third kappa shape index (κ3) is 2.78. The quantitative estimate of drug-likeness (QED) is 0.659. The van der Waals surface area contributed by atoms with E-state index in [1.54, 1.807) is 6.07 Å². The summed E-state index contributed by atoms with van der Waals surface area (Å²) >= 11 is 4.30. The smallest absolute Gasteiger partial charge is 0.255 e. The minimum Gasteiger partial charge on any atom is -0.321 e. The molecule has 0 aliphatic carbocycles. The van der Waals surface area contributed by atoms with Gasteiger partial charge in [0, 0.05) is 21.5 Å². The lowest BCUT2D eigenvalue weighted by molar-refractivity contribution is 0.102. The Morgan fingerprint density at radius 1 is 1.00 bits per heavy atom. The van der Waals surface area contributed by atoms with Gasteiger partial charge >= 0.3 is 0 Å². The molecule has 0 atom stereocenters. The topological polar surface area (TPSA) is 29.1 Å². The summed E-state index contributed by atoms with van der Waals surface area (Å²) < 4.78 is 0. The Bertz CT molecular complexity index is 821. The maximum atomic E-state index is 12.5. The summed E-state index contributed by atoms with van der Waals surface area (Å²) in [5.41, 5.74) is 2.41. The van der Waals surface area contributed by atoms with E-state index in [1.165, 1.54) is 0 Å². The fraction of sp³-hybridized carbons (Fsp3) is 0.0556. The predicted octanol–water partition coefficient (Wildman–Crippen LogP) is 4.69. The number of carbonyl (C=O) groups excluding carboxylic acids is 1. The van der Waals surface area contributed by atoms with E-state index < -0.39 is 0 Å². The molecule has 0 aromatic heterocycles. The second kappa shape index (κ2) is 5.62. The minimum atomic E-state index is -0.111. The number of fused-ring (bicyclic) bond motifs is 1. The van der Waals surface area contributed by atoms with E-state index in [-0.39, 0.29) is 5.91 Å². The highest BCUT2D eigenvalue weighted by atomic mass is 32.1. The summed E-state index contributed by atoms with van der Waals surface area (Å²) in [5, 5.41) is 5.14. The van der Waals surface area contributed by atoms with Crippen molar-refractivity contribution in [3.63, 3.8) is 0 Å². The molecule has 2 nitrogen and oxygen atoms in total.